The van der Waals surface area contributed by atoms with Crippen LogP contribution in [0.15, 0.2) is 65.8 Å². The lowest BCUT2D eigenvalue weighted by atomic mass is 10.1. The standard InChI is InChI=1S/C22H19ClN4O3S/c23-18-4-1-16-12-19(5-2-15(16)11-18)31(29,30)27-9-7-26(8-10-27)22(28)17-3-6-20-21(13-17)25-14-24-20/h1-6,11-14H,7-10H2,(H,24,25). The fraction of sp³-hybridized carbons (Fsp3) is 0.182. The minimum absolute atomic E-state index is 0.115. The molecule has 31 heavy (non-hydrogen) atoms. The second kappa shape index (κ2) is 7.64. The Morgan fingerprint density at radius 3 is 2.48 bits per heavy atom. The highest BCUT2D eigenvalue weighted by atomic mass is 35.5. The molecule has 2 heterocycles. The molecule has 1 fully saturated rings. The van der Waals surface area contributed by atoms with Crippen molar-refractivity contribution in [2.75, 3.05) is 26.2 Å². The summed E-state index contributed by atoms with van der Waals surface area (Å²) in [6.45, 7) is 1.17. The molecule has 0 saturated carbocycles. The highest BCUT2D eigenvalue weighted by molar-refractivity contribution is 7.89. The van der Waals surface area contributed by atoms with Crippen LogP contribution in [0.4, 0.5) is 0 Å². The molecule has 3 aromatic carbocycles. The van der Waals surface area contributed by atoms with Crippen molar-refractivity contribution >= 4 is 49.3 Å². The maximum atomic E-state index is 13.1. The number of piperazine rings is 1. The summed E-state index contributed by atoms with van der Waals surface area (Å²) >= 11 is 6.01. The van der Waals surface area contributed by atoms with Gasteiger partial charge in [0, 0.05) is 36.8 Å². The van der Waals surface area contributed by atoms with Crippen molar-refractivity contribution < 1.29 is 13.2 Å². The van der Waals surface area contributed by atoms with Crippen LogP contribution in [0.3, 0.4) is 0 Å². The molecule has 1 aromatic heterocycles. The Hall–Kier alpha value is -2.94. The number of fused-ring (bicyclic) bond motifs is 2. The highest BCUT2D eigenvalue weighted by Gasteiger charge is 2.30. The summed E-state index contributed by atoms with van der Waals surface area (Å²) in [5, 5.41) is 2.31. The van der Waals surface area contributed by atoms with E-state index < -0.39 is 10.0 Å². The normalized spacial score (nSPS) is 15.6. The quantitative estimate of drug-likeness (QED) is 0.513. The molecule has 1 saturated heterocycles. The molecule has 1 aliphatic heterocycles. The number of sulfonamides is 1. The van der Waals surface area contributed by atoms with Gasteiger partial charge in [-0.15, -0.1) is 0 Å². The van der Waals surface area contributed by atoms with Crippen molar-refractivity contribution in [1.82, 2.24) is 19.2 Å². The van der Waals surface area contributed by atoms with Gasteiger partial charge in [-0.1, -0.05) is 23.7 Å². The number of nitrogens with zero attached hydrogens (tertiary/aromatic N) is 3. The summed E-state index contributed by atoms with van der Waals surface area (Å²) in [4.78, 5) is 22.0. The third-order valence-corrected chi connectivity index (χ3v) is 7.73. The van der Waals surface area contributed by atoms with Crippen LogP contribution in [0.2, 0.25) is 5.02 Å². The molecule has 5 rings (SSSR count). The third kappa shape index (κ3) is 3.67. The summed E-state index contributed by atoms with van der Waals surface area (Å²) in [5.41, 5.74) is 2.15. The first-order valence-corrected chi connectivity index (χ1v) is 11.7. The van der Waals surface area contributed by atoms with E-state index in [2.05, 4.69) is 9.97 Å². The van der Waals surface area contributed by atoms with E-state index in [1.807, 2.05) is 6.07 Å². The predicted molar refractivity (Wildman–Crippen MR) is 120 cm³/mol. The van der Waals surface area contributed by atoms with Crippen LogP contribution in [-0.4, -0.2) is 59.7 Å². The number of imidazole rings is 1. The zero-order valence-corrected chi connectivity index (χ0v) is 18.0. The van der Waals surface area contributed by atoms with E-state index in [-0.39, 0.29) is 23.9 Å². The topological polar surface area (TPSA) is 86.4 Å². The number of aromatic amines is 1. The Morgan fingerprint density at radius 2 is 1.68 bits per heavy atom. The number of carbonyl (C=O) groups excluding carboxylic acids is 1. The van der Waals surface area contributed by atoms with Gasteiger partial charge in [0.1, 0.15) is 0 Å². The number of aromatic nitrogens is 2. The van der Waals surface area contributed by atoms with E-state index in [1.165, 1.54) is 4.31 Å². The molecule has 0 aliphatic carbocycles. The molecule has 158 valence electrons. The largest absolute Gasteiger partial charge is 0.345 e. The van der Waals surface area contributed by atoms with E-state index in [0.717, 1.165) is 21.8 Å². The van der Waals surface area contributed by atoms with Gasteiger partial charge < -0.3 is 9.88 Å². The second-order valence-corrected chi connectivity index (χ2v) is 9.86. The molecule has 4 aromatic rings. The number of rotatable bonds is 3. The predicted octanol–water partition coefficient (Wildman–Crippen LogP) is 3.52. The van der Waals surface area contributed by atoms with Crippen LogP contribution in [0.1, 0.15) is 10.4 Å². The average Bonchev–Trinajstić information content (AvgIpc) is 3.26. The Morgan fingerprint density at radius 1 is 0.935 bits per heavy atom. The Kier molecular flexibility index (Phi) is 4.92. The molecule has 0 unspecified atom stereocenters. The summed E-state index contributed by atoms with van der Waals surface area (Å²) in [6, 6.07) is 15.7. The molecule has 9 heteroatoms. The van der Waals surface area contributed by atoms with Gasteiger partial charge in [-0.25, -0.2) is 13.4 Å². The number of hydrogen-bond donors (Lipinski definition) is 1. The number of carbonyl (C=O) groups is 1. The number of H-pyrrole nitrogens is 1. The first kappa shape index (κ1) is 20.0. The van der Waals surface area contributed by atoms with E-state index in [9.17, 15) is 13.2 Å². The molecule has 0 spiro atoms. The van der Waals surface area contributed by atoms with Crippen LogP contribution in [-0.2, 0) is 10.0 Å². The lowest BCUT2D eigenvalue weighted by Gasteiger charge is -2.34. The fourth-order valence-electron chi connectivity index (χ4n) is 3.89. The van der Waals surface area contributed by atoms with E-state index in [4.69, 9.17) is 11.6 Å². The van der Waals surface area contributed by atoms with Crippen LogP contribution in [0, 0.1) is 0 Å². The van der Waals surface area contributed by atoms with Crippen molar-refractivity contribution in [3.05, 3.63) is 71.5 Å². The van der Waals surface area contributed by atoms with Gasteiger partial charge in [-0.3, -0.25) is 4.79 Å². The van der Waals surface area contributed by atoms with E-state index in [0.29, 0.717) is 23.7 Å². The van der Waals surface area contributed by atoms with Crippen molar-refractivity contribution in [3.63, 3.8) is 0 Å². The van der Waals surface area contributed by atoms with Gasteiger partial charge in [0.05, 0.1) is 22.3 Å². The van der Waals surface area contributed by atoms with Crippen molar-refractivity contribution in [2.45, 2.75) is 4.90 Å². The van der Waals surface area contributed by atoms with Crippen LogP contribution >= 0.6 is 11.6 Å². The number of amides is 1. The fourth-order valence-corrected chi connectivity index (χ4v) is 5.53. The second-order valence-electron chi connectivity index (χ2n) is 7.48. The minimum atomic E-state index is -3.65. The number of benzene rings is 3. The van der Waals surface area contributed by atoms with Gasteiger partial charge in [-0.05, 0) is 53.2 Å². The number of nitrogens with one attached hydrogen (secondary N) is 1. The lowest BCUT2D eigenvalue weighted by Crippen LogP contribution is -2.50. The van der Waals surface area contributed by atoms with Crippen LogP contribution < -0.4 is 0 Å². The van der Waals surface area contributed by atoms with Crippen LogP contribution in [0.25, 0.3) is 21.8 Å². The smallest absolute Gasteiger partial charge is 0.254 e. The van der Waals surface area contributed by atoms with Gasteiger partial charge in [0.15, 0.2) is 0 Å². The molecule has 0 radical (unpaired) electrons. The molecular formula is C22H19ClN4O3S. The summed E-state index contributed by atoms with van der Waals surface area (Å²) in [5.74, 6) is -0.115. The molecule has 0 bridgehead atoms. The van der Waals surface area contributed by atoms with Crippen molar-refractivity contribution in [3.8, 4) is 0 Å². The molecule has 1 N–H and O–H groups in total. The zero-order chi connectivity index (χ0) is 21.6. The first-order valence-electron chi connectivity index (χ1n) is 9.84. The average molecular weight is 455 g/mol. The Labute approximate surface area is 184 Å². The SMILES string of the molecule is O=C(c1ccc2nc[nH]c2c1)N1CCN(S(=O)(=O)c2ccc3cc(Cl)ccc3c2)CC1. The minimum Gasteiger partial charge on any atom is -0.345 e. The van der Waals surface area contributed by atoms with Crippen LogP contribution in [0.5, 0.6) is 0 Å². The maximum absolute atomic E-state index is 13.1. The molecular weight excluding hydrogens is 436 g/mol. The molecule has 0 atom stereocenters. The number of halogens is 1. The third-order valence-electron chi connectivity index (χ3n) is 5.60. The van der Waals surface area contributed by atoms with Crippen molar-refractivity contribution in [2.24, 2.45) is 0 Å². The van der Waals surface area contributed by atoms with Gasteiger partial charge in [0.2, 0.25) is 10.0 Å². The Bertz CT molecular complexity index is 1410. The Balaban J connectivity index is 1.32. The van der Waals surface area contributed by atoms with Crippen molar-refractivity contribution in [1.29, 1.82) is 0 Å². The summed E-state index contributed by atoms with van der Waals surface area (Å²) < 4.78 is 27.7. The van der Waals surface area contributed by atoms with Gasteiger partial charge in [0.25, 0.3) is 5.91 Å². The number of hydrogen-bond acceptors (Lipinski definition) is 4. The zero-order valence-electron chi connectivity index (χ0n) is 16.5. The monoisotopic (exact) mass is 454 g/mol. The summed E-state index contributed by atoms with van der Waals surface area (Å²) in [7, 11) is -3.65. The molecule has 1 aliphatic rings. The first-order chi connectivity index (χ1) is 14.9. The van der Waals surface area contributed by atoms with Gasteiger partial charge >= 0.3 is 0 Å². The van der Waals surface area contributed by atoms with E-state index >= 15 is 0 Å². The lowest BCUT2D eigenvalue weighted by molar-refractivity contribution is 0.0698. The van der Waals surface area contributed by atoms with Gasteiger partial charge in [-0.2, -0.15) is 4.31 Å². The summed E-state index contributed by atoms with van der Waals surface area (Å²) in [6.07, 6.45) is 1.59. The highest BCUT2D eigenvalue weighted by Crippen LogP contribution is 2.25. The maximum Gasteiger partial charge on any atom is 0.254 e. The molecule has 1 amide bonds. The van der Waals surface area contributed by atoms with E-state index in [1.54, 1.807) is 59.8 Å². The molecule has 7 nitrogen and oxygen atoms in total.